The average molecular weight is 253 g/mol. The SMILES string of the molecule is CNCC(=O)c1ccc2c(c1SC)OCCO2. The minimum atomic E-state index is 0.0637. The molecule has 1 aliphatic heterocycles. The van der Waals surface area contributed by atoms with Gasteiger partial charge in [0.25, 0.3) is 0 Å². The van der Waals surface area contributed by atoms with Crippen LogP contribution in [0.4, 0.5) is 0 Å². The van der Waals surface area contributed by atoms with Crippen LogP contribution < -0.4 is 14.8 Å². The summed E-state index contributed by atoms with van der Waals surface area (Å²) >= 11 is 1.51. The van der Waals surface area contributed by atoms with Crippen LogP contribution in [-0.2, 0) is 0 Å². The number of Topliss-reactive ketones (excluding diaryl/α,β-unsaturated/α-hetero) is 1. The van der Waals surface area contributed by atoms with Crippen molar-refractivity contribution >= 4 is 17.5 Å². The smallest absolute Gasteiger partial charge is 0.177 e. The molecule has 1 aliphatic rings. The predicted octanol–water partition coefficient (Wildman–Crippen LogP) is 1.58. The number of rotatable bonds is 4. The summed E-state index contributed by atoms with van der Waals surface area (Å²) in [4.78, 5) is 12.8. The Morgan fingerprint density at radius 2 is 2.18 bits per heavy atom. The molecule has 1 N–H and O–H groups in total. The molecule has 5 heteroatoms. The maximum atomic E-state index is 11.9. The summed E-state index contributed by atoms with van der Waals surface area (Å²) in [7, 11) is 1.76. The summed E-state index contributed by atoms with van der Waals surface area (Å²) in [6.07, 6.45) is 1.93. The molecule has 0 amide bonds. The van der Waals surface area contributed by atoms with Gasteiger partial charge in [-0.1, -0.05) is 0 Å². The zero-order chi connectivity index (χ0) is 12.3. The molecule has 2 rings (SSSR count). The van der Waals surface area contributed by atoms with Gasteiger partial charge in [-0.25, -0.2) is 0 Å². The van der Waals surface area contributed by atoms with Crippen LogP contribution in [-0.4, -0.2) is 38.8 Å². The number of nitrogens with one attached hydrogen (secondary N) is 1. The second kappa shape index (κ2) is 5.42. The van der Waals surface area contributed by atoms with Crippen molar-refractivity contribution in [3.8, 4) is 11.5 Å². The van der Waals surface area contributed by atoms with Crippen LogP contribution in [0.15, 0.2) is 17.0 Å². The first kappa shape index (κ1) is 12.3. The van der Waals surface area contributed by atoms with Gasteiger partial charge in [0.05, 0.1) is 11.4 Å². The number of carbonyl (C=O) groups excluding carboxylic acids is 1. The Bertz CT molecular complexity index is 434. The van der Waals surface area contributed by atoms with Gasteiger partial charge in [-0.05, 0) is 25.4 Å². The van der Waals surface area contributed by atoms with Crippen molar-refractivity contribution < 1.29 is 14.3 Å². The van der Waals surface area contributed by atoms with Crippen molar-refractivity contribution in [1.29, 1.82) is 0 Å². The maximum Gasteiger partial charge on any atom is 0.177 e. The van der Waals surface area contributed by atoms with E-state index in [1.165, 1.54) is 11.8 Å². The fraction of sp³-hybridized carbons (Fsp3) is 0.417. The minimum Gasteiger partial charge on any atom is -0.486 e. The predicted molar refractivity (Wildman–Crippen MR) is 67.5 cm³/mol. The van der Waals surface area contributed by atoms with Gasteiger partial charge < -0.3 is 14.8 Å². The molecule has 0 unspecified atom stereocenters. The summed E-state index contributed by atoms with van der Waals surface area (Å²) in [6, 6.07) is 3.61. The Kier molecular flexibility index (Phi) is 3.91. The lowest BCUT2D eigenvalue weighted by molar-refractivity contribution is 0.0988. The lowest BCUT2D eigenvalue weighted by atomic mass is 10.1. The number of hydrogen-bond donors (Lipinski definition) is 1. The number of thioether (sulfide) groups is 1. The highest BCUT2D eigenvalue weighted by atomic mass is 32.2. The number of ether oxygens (including phenoxy) is 2. The van der Waals surface area contributed by atoms with Crippen LogP contribution in [0.2, 0.25) is 0 Å². The summed E-state index contributed by atoms with van der Waals surface area (Å²) in [5.74, 6) is 1.49. The lowest BCUT2D eigenvalue weighted by Crippen LogP contribution is -2.21. The number of ketones is 1. The third-order valence-corrected chi connectivity index (χ3v) is 3.32. The Morgan fingerprint density at radius 1 is 1.41 bits per heavy atom. The Balaban J connectivity index is 2.43. The van der Waals surface area contributed by atoms with E-state index in [2.05, 4.69) is 5.32 Å². The van der Waals surface area contributed by atoms with Crippen molar-refractivity contribution in [1.82, 2.24) is 5.32 Å². The first-order valence-electron chi connectivity index (χ1n) is 5.42. The zero-order valence-corrected chi connectivity index (χ0v) is 10.7. The van der Waals surface area contributed by atoms with Gasteiger partial charge in [0, 0.05) is 5.56 Å². The first-order chi connectivity index (χ1) is 8.27. The van der Waals surface area contributed by atoms with Crippen molar-refractivity contribution in [2.45, 2.75) is 4.90 Å². The number of benzene rings is 1. The fourth-order valence-electron chi connectivity index (χ4n) is 1.77. The Morgan fingerprint density at radius 3 is 2.88 bits per heavy atom. The zero-order valence-electron chi connectivity index (χ0n) is 9.91. The lowest BCUT2D eigenvalue weighted by Gasteiger charge is -2.21. The number of carbonyl (C=O) groups is 1. The van der Waals surface area contributed by atoms with Crippen LogP contribution >= 0.6 is 11.8 Å². The van der Waals surface area contributed by atoms with Gasteiger partial charge in [-0.2, -0.15) is 0 Å². The molecule has 92 valence electrons. The van der Waals surface area contributed by atoms with E-state index >= 15 is 0 Å². The van der Waals surface area contributed by atoms with Gasteiger partial charge in [0.15, 0.2) is 17.3 Å². The second-order valence-corrected chi connectivity index (χ2v) is 4.44. The third-order valence-electron chi connectivity index (χ3n) is 2.51. The number of hydrogen-bond acceptors (Lipinski definition) is 5. The highest BCUT2D eigenvalue weighted by molar-refractivity contribution is 7.98. The van der Waals surface area contributed by atoms with E-state index < -0.39 is 0 Å². The normalized spacial score (nSPS) is 13.5. The van der Waals surface area contributed by atoms with Crippen LogP contribution in [0.1, 0.15) is 10.4 Å². The van der Waals surface area contributed by atoms with Crippen molar-refractivity contribution in [3.63, 3.8) is 0 Å². The van der Waals surface area contributed by atoms with Crippen LogP contribution in [0.5, 0.6) is 11.5 Å². The highest BCUT2D eigenvalue weighted by Gasteiger charge is 2.21. The van der Waals surface area contributed by atoms with E-state index in [1.807, 2.05) is 6.26 Å². The Labute approximate surface area is 105 Å². The first-order valence-corrected chi connectivity index (χ1v) is 6.64. The van der Waals surface area contributed by atoms with E-state index in [1.54, 1.807) is 19.2 Å². The molecule has 1 heterocycles. The highest BCUT2D eigenvalue weighted by Crippen LogP contribution is 2.41. The molecule has 1 aromatic rings. The van der Waals surface area contributed by atoms with Gasteiger partial charge in [-0.15, -0.1) is 11.8 Å². The number of fused-ring (bicyclic) bond motifs is 1. The number of likely N-dealkylation sites (N-methyl/N-ethyl adjacent to an activating group) is 1. The molecule has 0 aliphatic carbocycles. The molecular formula is C12H15NO3S. The minimum absolute atomic E-state index is 0.0637. The molecule has 0 atom stereocenters. The Hall–Kier alpha value is -1.20. The quantitative estimate of drug-likeness (QED) is 0.652. The molecule has 0 saturated carbocycles. The summed E-state index contributed by atoms with van der Waals surface area (Å²) in [5.41, 5.74) is 0.691. The molecule has 0 aromatic heterocycles. The molecule has 17 heavy (non-hydrogen) atoms. The topological polar surface area (TPSA) is 47.6 Å². The van der Waals surface area contributed by atoms with E-state index in [0.717, 1.165) is 10.6 Å². The van der Waals surface area contributed by atoms with Crippen molar-refractivity contribution in [2.75, 3.05) is 33.1 Å². The molecule has 4 nitrogen and oxygen atoms in total. The summed E-state index contributed by atoms with van der Waals surface area (Å²) < 4.78 is 11.1. The van der Waals surface area contributed by atoms with Gasteiger partial charge in [0.1, 0.15) is 13.2 Å². The monoisotopic (exact) mass is 253 g/mol. The van der Waals surface area contributed by atoms with Gasteiger partial charge in [0.2, 0.25) is 0 Å². The van der Waals surface area contributed by atoms with Crippen LogP contribution in [0.25, 0.3) is 0 Å². The average Bonchev–Trinajstić information content (AvgIpc) is 2.37. The molecule has 0 saturated heterocycles. The largest absolute Gasteiger partial charge is 0.486 e. The van der Waals surface area contributed by atoms with E-state index in [0.29, 0.717) is 31.1 Å². The van der Waals surface area contributed by atoms with E-state index in [9.17, 15) is 4.79 Å². The summed E-state index contributed by atoms with van der Waals surface area (Å²) in [5, 5.41) is 2.87. The molecule has 0 fully saturated rings. The molecule has 1 aromatic carbocycles. The van der Waals surface area contributed by atoms with Crippen LogP contribution in [0, 0.1) is 0 Å². The summed E-state index contributed by atoms with van der Waals surface area (Å²) in [6.45, 7) is 1.42. The fourth-order valence-corrected chi connectivity index (χ4v) is 2.52. The van der Waals surface area contributed by atoms with E-state index in [4.69, 9.17) is 9.47 Å². The van der Waals surface area contributed by atoms with Crippen molar-refractivity contribution in [3.05, 3.63) is 17.7 Å². The molecule has 0 spiro atoms. The van der Waals surface area contributed by atoms with Gasteiger partial charge >= 0.3 is 0 Å². The van der Waals surface area contributed by atoms with Crippen molar-refractivity contribution in [2.24, 2.45) is 0 Å². The second-order valence-electron chi connectivity index (χ2n) is 3.62. The molecule has 0 radical (unpaired) electrons. The third kappa shape index (κ3) is 2.40. The van der Waals surface area contributed by atoms with Gasteiger partial charge in [-0.3, -0.25) is 4.79 Å². The molecular weight excluding hydrogens is 238 g/mol. The van der Waals surface area contributed by atoms with E-state index in [-0.39, 0.29) is 5.78 Å². The maximum absolute atomic E-state index is 11.9. The molecule has 0 bridgehead atoms. The van der Waals surface area contributed by atoms with Crippen LogP contribution in [0.3, 0.4) is 0 Å². The standard InChI is InChI=1S/C12H15NO3S/c1-13-7-9(14)8-3-4-10-11(12(8)17-2)16-6-5-15-10/h3-4,13H,5-7H2,1-2H3.